The van der Waals surface area contributed by atoms with E-state index in [2.05, 4.69) is 6.92 Å². The fraction of sp³-hybridized carbons (Fsp3) is 0.300. The number of carbonyl (C=O) groups excluding carboxylic acids is 2. The Labute approximate surface area is 142 Å². The summed E-state index contributed by atoms with van der Waals surface area (Å²) in [5.41, 5.74) is 2.26. The SMILES string of the molecule is CCc1ccc(OC(=O)[C@H]2CC(=O)N(Cc3ccccc3)C2)cc1. The molecule has 1 saturated heterocycles. The molecule has 3 rings (SSSR count). The molecule has 0 unspecified atom stereocenters. The molecule has 0 radical (unpaired) electrons. The van der Waals surface area contributed by atoms with Crippen LogP contribution in [0.15, 0.2) is 54.6 Å². The van der Waals surface area contributed by atoms with Gasteiger partial charge in [0, 0.05) is 19.5 Å². The number of amides is 1. The van der Waals surface area contributed by atoms with Gasteiger partial charge in [0.1, 0.15) is 5.75 Å². The van der Waals surface area contributed by atoms with E-state index >= 15 is 0 Å². The summed E-state index contributed by atoms with van der Waals surface area (Å²) in [5.74, 6) is -0.191. The molecular formula is C20H21NO3. The number of ether oxygens (including phenoxy) is 1. The van der Waals surface area contributed by atoms with Gasteiger partial charge in [0.2, 0.25) is 5.91 Å². The van der Waals surface area contributed by atoms with Crippen molar-refractivity contribution < 1.29 is 14.3 Å². The molecule has 0 spiro atoms. The van der Waals surface area contributed by atoms with Crippen LogP contribution in [0.1, 0.15) is 24.5 Å². The molecule has 1 heterocycles. The van der Waals surface area contributed by atoms with Gasteiger partial charge in [0.05, 0.1) is 5.92 Å². The molecule has 0 N–H and O–H groups in total. The third kappa shape index (κ3) is 3.82. The zero-order valence-corrected chi connectivity index (χ0v) is 13.8. The summed E-state index contributed by atoms with van der Waals surface area (Å²) < 4.78 is 5.43. The fourth-order valence-corrected chi connectivity index (χ4v) is 2.88. The van der Waals surface area contributed by atoms with E-state index in [1.807, 2.05) is 42.5 Å². The molecule has 2 aromatic carbocycles. The smallest absolute Gasteiger partial charge is 0.316 e. The largest absolute Gasteiger partial charge is 0.426 e. The van der Waals surface area contributed by atoms with Gasteiger partial charge in [-0.05, 0) is 29.7 Å². The lowest BCUT2D eigenvalue weighted by Gasteiger charge is -2.16. The topological polar surface area (TPSA) is 46.6 Å². The average Bonchev–Trinajstić information content (AvgIpc) is 2.97. The predicted molar refractivity (Wildman–Crippen MR) is 91.4 cm³/mol. The van der Waals surface area contributed by atoms with Crippen molar-refractivity contribution in [1.82, 2.24) is 4.90 Å². The summed E-state index contributed by atoms with van der Waals surface area (Å²) in [7, 11) is 0. The molecule has 1 fully saturated rings. The van der Waals surface area contributed by atoms with Crippen molar-refractivity contribution in [3.05, 3.63) is 65.7 Å². The Morgan fingerprint density at radius 2 is 1.79 bits per heavy atom. The van der Waals surface area contributed by atoms with Gasteiger partial charge in [0.25, 0.3) is 0 Å². The van der Waals surface area contributed by atoms with E-state index in [0.717, 1.165) is 12.0 Å². The number of nitrogens with zero attached hydrogens (tertiary/aromatic N) is 1. The molecule has 1 aliphatic heterocycles. The van der Waals surface area contributed by atoms with Gasteiger partial charge in [-0.3, -0.25) is 9.59 Å². The molecule has 0 bridgehead atoms. The number of rotatable bonds is 5. The van der Waals surface area contributed by atoms with Crippen molar-refractivity contribution in [1.29, 1.82) is 0 Å². The number of carbonyl (C=O) groups is 2. The summed E-state index contributed by atoms with van der Waals surface area (Å²) >= 11 is 0. The van der Waals surface area contributed by atoms with Crippen LogP contribution < -0.4 is 4.74 Å². The Morgan fingerprint density at radius 1 is 1.08 bits per heavy atom. The zero-order chi connectivity index (χ0) is 16.9. The van der Waals surface area contributed by atoms with Crippen LogP contribution in [0.2, 0.25) is 0 Å². The summed E-state index contributed by atoms with van der Waals surface area (Å²) in [4.78, 5) is 26.2. The summed E-state index contributed by atoms with van der Waals surface area (Å²) in [6.07, 6.45) is 1.17. The minimum Gasteiger partial charge on any atom is -0.426 e. The quantitative estimate of drug-likeness (QED) is 0.627. The lowest BCUT2D eigenvalue weighted by Crippen LogP contribution is -2.27. The molecule has 124 valence electrons. The molecule has 1 aliphatic rings. The summed E-state index contributed by atoms with van der Waals surface area (Å²) in [6, 6.07) is 17.3. The molecule has 2 aromatic rings. The maximum Gasteiger partial charge on any atom is 0.316 e. The monoisotopic (exact) mass is 323 g/mol. The molecule has 0 aromatic heterocycles. The molecule has 1 atom stereocenters. The first kappa shape index (κ1) is 16.2. The van der Waals surface area contributed by atoms with Gasteiger partial charge >= 0.3 is 5.97 Å². The first-order valence-corrected chi connectivity index (χ1v) is 8.28. The standard InChI is InChI=1S/C20H21NO3/c1-2-15-8-10-18(11-9-15)24-20(23)17-12-19(22)21(14-17)13-16-6-4-3-5-7-16/h3-11,17H,2,12-14H2,1H3/t17-/m0/s1. The fourth-order valence-electron chi connectivity index (χ4n) is 2.88. The van der Waals surface area contributed by atoms with Gasteiger partial charge in [0.15, 0.2) is 0 Å². The Hall–Kier alpha value is -2.62. The second-order valence-electron chi connectivity index (χ2n) is 6.08. The third-order valence-corrected chi connectivity index (χ3v) is 4.31. The minimum absolute atomic E-state index is 0.00198. The highest BCUT2D eigenvalue weighted by Gasteiger charge is 2.35. The zero-order valence-electron chi connectivity index (χ0n) is 13.8. The molecule has 24 heavy (non-hydrogen) atoms. The third-order valence-electron chi connectivity index (χ3n) is 4.31. The van der Waals surface area contributed by atoms with Crippen LogP contribution in [-0.4, -0.2) is 23.3 Å². The lowest BCUT2D eigenvalue weighted by molar-refractivity contribution is -0.139. The second kappa shape index (κ2) is 7.30. The molecule has 0 saturated carbocycles. The highest BCUT2D eigenvalue weighted by molar-refractivity contribution is 5.87. The van der Waals surface area contributed by atoms with Gasteiger partial charge in [-0.25, -0.2) is 0 Å². The van der Waals surface area contributed by atoms with Gasteiger partial charge in [-0.15, -0.1) is 0 Å². The number of aryl methyl sites for hydroxylation is 1. The van der Waals surface area contributed by atoms with Crippen molar-refractivity contribution in [3.63, 3.8) is 0 Å². The maximum absolute atomic E-state index is 12.3. The Kier molecular flexibility index (Phi) is 4.94. The number of hydrogen-bond donors (Lipinski definition) is 0. The number of hydrogen-bond acceptors (Lipinski definition) is 3. The summed E-state index contributed by atoms with van der Waals surface area (Å²) in [5, 5.41) is 0. The molecule has 4 heteroatoms. The van der Waals surface area contributed by atoms with Crippen molar-refractivity contribution in [2.75, 3.05) is 6.54 Å². The number of esters is 1. The summed E-state index contributed by atoms with van der Waals surface area (Å²) in [6.45, 7) is 3.03. The van der Waals surface area contributed by atoms with E-state index in [1.165, 1.54) is 5.56 Å². The Balaban J connectivity index is 1.59. The van der Waals surface area contributed by atoms with Crippen molar-refractivity contribution in [2.24, 2.45) is 5.92 Å². The molecule has 4 nitrogen and oxygen atoms in total. The molecule has 0 aliphatic carbocycles. The van der Waals surface area contributed by atoms with Crippen molar-refractivity contribution in [2.45, 2.75) is 26.3 Å². The number of likely N-dealkylation sites (tertiary alicyclic amines) is 1. The highest BCUT2D eigenvalue weighted by Crippen LogP contribution is 2.23. The lowest BCUT2D eigenvalue weighted by atomic mass is 10.1. The van der Waals surface area contributed by atoms with Crippen LogP contribution >= 0.6 is 0 Å². The van der Waals surface area contributed by atoms with Gasteiger partial charge in [-0.1, -0.05) is 49.4 Å². The average molecular weight is 323 g/mol. The molecular weight excluding hydrogens is 302 g/mol. The van der Waals surface area contributed by atoms with E-state index in [0.29, 0.717) is 18.8 Å². The van der Waals surface area contributed by atoms with E-state index < -0.39 is 5.92 Å². The second-order valence-corrected chi connectivity index (χ2v) is 6.08. The highest BCUT2D eigenvalue weighted by atomic mass is 16.5. The normalized spacial score (nSPS) is 17.1. The Bertz CT molecular complexity index is 709. The van der Waals surface area contributed by atoms with Crippen LogP contribution in [0.5, 0.6) is 5.75 Å². The van der Waals surface area contributed by atoms with Crippen molar-refractivity contribution >= 4 is 11.9 Å². The first-order chi connectivity index (χ1) is 11.7. The van der Waals surface area contributed by atoms with E-state index in [4.69, 9.17) is 4.74 Å². The van der Waals surface area contributed by atoms with E-state index in [9.17, 15) is 9.59 Å². The van der Waals surface area contributed by atoms with Crippen LogP contribution in [0, 0.1) is 5.92 Å². The van der Waals surface area contributed by atoms with Gasteiger partial charge < -0.3 is 9.64 Å². The van der Waals surface area contributed by atoms with E-state index in [1.54, 1.807) is 17.0 Å². The Morgan fingerprint density at radius 3 is 2.46 bits per heavy atom. The van der Waals surface area contributed by atoms with E-state index in [-0.39, 0.29) is 18.3 Å². The van der Waals surface area contributed by atoms with Crippen LogP contribution in [-0.2, 0) is 22.6 Å². The number of benzene rings is 2. The van der Waals surface area contributed by atoms with Crippen molar-refractivity contribution in [3.8, 4) is 5.75 Å². The van der Waals surface area contributed by atoms with Gasteiger partial charge in [-0.2, -0.15) is 0 Å². The van der Waals surface area contributed by atoms with Crippen LogP contribution in [0.25, 0.3) is 0 Å². The minimum atomic E-state index is -0.396. The molecule has 1 amide bonds. The predicted octanol–water partition coefficient (Wildman–Crippen LogP) is 3.20. The van der Waals surface area contributed by atoms with Crippen LogP contribution in [0.3, 0.4) is 0 Å². The first-order valence-electron chi connectivity index (χ1n) is 8.28. The van der Waals surface area contributed by atoms with Crippen LogP contribution in [0.4, 0.5) is 0 Å². The maximum atomic E-state index is 12.3.